The zero-order valence-electron chi connectivity index (χ0n) is 7.70. The molecule has 1 aliphatic rings. The Labute approximate surface area is 82.6 Å². The van der Waals surface area contributed by atoms with E-state index in [0.29, 0.717) is 0 Å². The lowest BCUT2D eigenvalue weighted by Gasteiger charge is -2.35. The van der Waals surface area contributed by atoms with Crippen molar-refractivity contribution in [1.29, 1.82) is 0 Å². The molecular formula is C8H11F6N. The van der Waals surface area contributed by atoms with E-state index in [9.17, 15) is 26.3 Å². The predicted octanol–water partition coefficient (Wildman–Crippen LogP) is 2.85. The Morgan fingerprint density at radius 3 is 1.80 bits per heavy atom. The first-order chi connectivity index (χ1) is 6.62. The summed E-state index contributed by atoms with van der Waals surface area (Å²) in [4.78, 5) is 0. The molecule has 3 unspecified atom stereocenters. The molecule has 1 rings (SSSR count). The lowest BCUT2D eigenvalue weighted by molar-refractivity contribution is -0.225. The van der Waals surface area contributed by atoms with Crippen molar-refractivity contribution < 1.29 is 26.3 Å². The second-order valence-corrected chi connectivity index (χ2v) is 3.86. The fourth-order valence-electron chi connectivity index (χ4n) is 1.87. The molecule has 90 valence electrons. The standard InChI is InChI=1S/C8H11F6N/c9-7(10,11)4-1-2-6(15)5(3-4)8(12,13)14/h4-6H,1-3,15H2. The molecule has 1 aliphatic carbocycles. The van der Waals surface area contributed by atoms with E-state index in [-0.39, 0.29) is 12.8 Å². The molecule has 15 heavy (non-hydrogen) atoms. The summed E-state index contributed by atoms with van der Waals surface area (Å²) >= 11 is 0. The van der Waals surface area contributed by atoms with Crippen molar-refractivity contribution in [3.63, 3.8) is 0 Å². The minimum absolute atomic E-state index is 0.228. The van der Waals surface area contributed by atoms with Crippen LogP contribution in [-0.2, 0) is 0 Å². The summed E-state index contributed by atoms with van der Waals surface area (Å²) in [5, 5.41) is 0. The van der Waals surface area contributed by atoms with Gasteiger partial charge in [0.05, 0.1) is 11.8 Å². The molecule has 7 heteroatoms. The van der Waals surface area contributed by atoms with Crippen LogP contribution in [0.2, 0.25) is 0 Å². The average Bonchev–Trinajstić information content (AvgIpc) is 2.00. The number of rotatable bonds is 0. The van der Waals surface area contributed by atoms with Crippen LogP contribution in [0.4, 0.5) is 26.3 Å². The van der Waals surface area contributed by atoms with E-state index in [4.69, 9.17) is 5.73 Å². The molecule has 0 aromatic rings. The molecule has 0 heterocycles. The highest BCUT2D eigenvalue weighted by Crippen LogP contribution is 2.44. The summed E-state index contributed by atoms with van der Waals surface area (Å²) in [6.07, 6.45) is -10.7. The second kappa shape index (κ2) is 3.84. The van der Waals surface area contributed by atoms with Gasteiger partial charge in [-0.3, -0.25) is 0 Å². The Kier molecular flexibility index (Phi) is 3.23. The molecular weight excluding hydrogens is 224 g/mol. The number of halogens is 6. The monoisotopic (exact) mass is 235 g/mol. The molecule has 0 radical (unpaired) electrons. The summed E-state index contributed by atoms with van der Waals surface area (Å²) in [7, 11) is 0. The highest BCUT2D eigenvalue weighted by atomic mass is 19.4. The summed E-state index contributed by atoms with van der Waals surface area (Å²) in [6.45, 7) is 0. The third-order valence-electron chi connectivity index (χ3n) is 2.79. The van der Waals surface area contributed by atoms with Gasteiger partial charge in [-0.1, -0.05) is 0 Å². The van der Waals surface area contributed by atoms with Gasteiger partial charge in [0, 0.05) is 6.04 Å². The zero-order chi connectivity index (χ0) is 11.9. The van der Waals surface area contributed by atoms with Crippen LogP contribution in [0.25, 0.3) is 0 Å². The molecule has 0 saturated heterocycles. The minimum atomic E-state index is -4.64. The maximum atomic E-state index is 12.3. The Bertz CT molecular complexity index is 220. The predicted molar refractivity (Wildman–Crippen MR) is 40.9 cm³/mol. The number of hydrogen-bond acceptors (Lipinski definition) is 1. The van der Waals surface area contributed by atoms with Crippen LogP contribution < -0.4 is 5.73 Å². The van der Waals surface area contributed by atoms with Gasteiger partial charge >= 0.3 is 12.4 Å². The molecule has 1 saturated carbocycles. The minimum Gasteiger partial charge on any atom is -0.327 e. The third kappa shape index (κ3) is 2.99. The number of hydrogen-bond donors (Lipinski definition) is 1. The quantitative estimate of drug-likeness (QED) is 0.642. The molecule has 0 aromatic carbocycles. The molecule has 0 bridgehead atoms. The lowest BCUT2D eigenvalue weighted by atomic mass is 9.77. The highest BCUT2D eigenvalue weighted by molar-refractivity contribution is 4.88. The van der Waals surface area contributed by atoms with Crippen LogP contribution in [0.1, 0.15) is 19.3 Å². The van der Waals surface area contributed by atoms with Gasteiger partial charge in [-0.2, -0.15) is 26.3 Å². The van der Waals surface area contributed by atoms with Gasteiger partial charge in [0.25, 0.3) is 0 Å². The molecule has 3 atom stereocenters. The van der Waals surface area contributed by atoms with Gasteiger partial charge in [0.15, 0.2) is 0 Å². The van der Waals surface area contributed by atoms with Gasteiger partial charge < -0.3 is 5.73 Å². The number of nitrogens with two attached hydrogens (primary N) is 1. The van der Waals surface area contributed by atoms with Crippen LogP contribution >= 0.6 is 0 Å². The first-order valence-corrected chi connectivity index (χ1v) is 4.51. The molecule has 2 N–H and O–H groups in total. The van der Waals surface area contributed by atoms with Crippen molar-refractivity contribution in [2.45, 2.75) is 37.7 Å². The fourth-order valence-corrected chi connectivity index (χ4v) is 1.87. The maximum Gasteiger partial charge on any atom is 0.393 e. The van der Waals surface area contributed by atoms with Crippen molar-refractivity contribution >= 4 is 0 Å². The van der Waals surface area contributed by atoms with Gasteiger partial charge in [0.2, 0.25) is 0 Å². The van der Waals surface area contributed by atoms with E-state index < -0.39 is 36.7 Å². The first-order valence-electron chi connectivity index (χ1n) is 4.51. The van der Waals surface area contributed by atoms with Crippen molar-refractivity contribution in [1.82, 2.24) is 0 Å². The SMILES string of the molecule is NC1CCC(C(F)(F)F)CC1C(F)(F)F. The Hall–Kier alpha value is -0.460. The van der Waals surface area contributed by atoms with E-state index >= 15 is 0 Å². The van der Waals surface area contributed by atoms with Crippen molar-refractivity contribution in [2.24, 2.45) is 17.6 Å². The molecule has 0 amide bonds. The van der Waals surface area contributed by atoms with E-state index in [0.717, 1.165) is 0 Å². The van der Waals surface area contributed by atoms with Gasteiger partial charge in [-0.05, 0) is 19.3 Å². The smallest absolute Gasteiger partial charge is 0.327 e. The van der Waals surface area contributed by atoms with Gasteiger partial charge in [-0.25, -0.2) is 0 Å². The van der Waals surface area contributed by atoms with E-state index in [1.54, 1.807) is 0 Å². The van der Waals surface area contributed by atoms with E-state index in [1.807, 2.05) is 0 Å². The van der Waals surface area contributed by atoms with Crippen molar-refractivity contribution in [2.75, 3.05) is 0 Å². The van der Waals surface area contributed by atoms with Crippen LogP contribution in [-0.4, -0.2) is 18.4 Å². The molecule has 1 fully saturated rings. The Morgan fingerprint density at radius 2 is 1.40 bits per heavy atom. The molecule has 0 spiro atoms. The summed E-state index contributed by atoms with van der Waals surface area (Å²) in [6, 6.07) is -1.21. The third-order valence-corrected chi connectivity index (χ3v) is 2.79. The van der Waals surface area contributed by atoms with Crippen molar-refractivity contribution in [3.8, 4) is 0 Å². The first kappa shape index (κ1) is 12.6. The summed E-state index contributed by atoms with van der Waals surface area (Å²) in [5.74, 6) is -3.90. The zero-order valence-corrected chi connectivity index (χ0v) is 7.70. The van der Waals surface area contributed by atoms with Crippen molar-refractivity contribution in [3.05, 3.63) is 0 Å². The Morgan fingerprint density at radius 1 is 0.867 bits per heavy atom. The van der Waals surface area contributed by atoms with Gasteiger partial charge in [0.1, 0.15) is 0 Å². The average molecular weight is 235 g/mol. The molecule has 0 aromatic heterocycles. The number of alkyl halides is 6. The van der Waals surface area contributed by atoms with Crippen LogP contribution in [0.15, 0.2) is 0 Å². The lowest BCUT2D eigenvalue weighted by Crippen LogP contribution is -2.46. The van der Waals surface area contributed by atoms with E-state index in [1.165, 1.54) is 0 Å². The second-order valence-electron chi connectivity index (χ2n) is 3.86. The van der Waals surface area contributed by atoms with Crippen LogP contribution in [0.3, 0.4) is 0 Å². The largest absolute Gasteiger partial charge is 0.393 e. The Balaban J connectivity index is 2.73. The van der Waals surface area contributed by atoms with Crippen LogP contribution in [0.5, 0.6) is 0 Å². The summed E-state index contributed by atoms with van der Waals surface area (Å²) < 4.78 is 73.6. The van der Waals surface area contributed by atoms with E-state index in [2.05, 4.69) is 0 Å². The highest BCUT2D eigenvalue weighted by Gasteiger charge is 2.52. The van der Waals surface area contributed by atoms with Crippen LogP contribution in [0, 0.1) is 11.8 Å². The topological polar surface area (TPSA) is 26.0 Å². The normalized spacial score (nSPS) is 34.2. The van der Waals surface area contributed by atoms with Gasteiger partial charge in [-0.15, -0.1) is 0 Å². The fraction of sp³-hybridized carbons (Fsp3) is 1.00. The summed E-state index contributed by atoms with van der Waals surface area (Å²) in [5.41, 5.74) is 5.18. The molecule has 1 nitrogen and oxygen atoms in total. The maximum absolute atomic E-state index is 12.3. The molecule has 0 aliphatic heterocycles.